The van der Waals surface area contributed by atoms with Crippen molar-refractivity contribution in [3.05, 3.63) is 72.0 Å². The lowest BCUT2D eigenvalue weighted by Gasteiger charge is -2.29. The SMILES string of the molecule is C#Cc1ccc(-c2ccc3nc(NC(=O)C4=CCC(C(C)(C)C)C=C4)cn3n2)cc1. The molecule has 0 radical (unpaired) electrons. The molecule has 0 saturated heterocycles. The van der Waals surface area contributed by atoms with E-state index in [1.54, 1.807) is 10.7 Å². The van der Waals surface area contributed by atoms with Crippen molar-refractivity contribution in [2.24, 2.45) is 11.3 Å². The maximum Gasteiger partial charge on any atom is 0.256 e. The Kier molecular flexibility index (Phi) is 5.01. The van der Waals surface area contributed by atoms with Gasteiger partial charge in [-0.05, 0) is 42.0 Å². The minimum Gasteiger partial charge on any atom is -0.305 e. The van der Waals surface area contributed by atoms with E-state index < -0.39 is 0 Å². The van der Waals surface area contributed by atoms with Crippen molar-refractivity contribution in [3.8, 4) is 23.6 Å². The van der Waals surface area contributed by atoms with Gasteiger partial charge < -0.3 is 5.32 Å². The molecule has 150 valence electrons. The number of amides is 1. The molecule has 4 rings (SSSR count). The molecule has 1 aliphatic carbocycles. The van der Waals surface area contributed by atoms with Crippen LogP contribution in [0.3, 0.4) is 0 Å². The van der Waals surface area contributed by atoms with Crippen molar-refractivity contribution in [2.75, 3.05) is 5.32 Å². The molecule has 0 aliphatic heterocycles. The van der Waals surface area contributed by atoms with E-state index in [4.69, 9.17) is 6.42 Å². The topological polar surface area (TPSA) is 59.3 Å². The number of nitrogens with zero attached hydrogens (tertiary/aromatic N) is 3. The van der Waals surface area contributed by atoms with Crippen LogP contribution >= 0.6 is 0 Å². The van der Waals surface area contributed by atoms with Gasteiger partial charge in [0.15, 0.2) is 11.5 Å². The van der Waals surface area contributed by atoms with Crippen LogP contribution in [0.4, 0.5) is 5.82 Å². The van der Waals surface area contributed by atoms with E-state index in [0.29, 0.717) is 23.0 Å². The van der Waals surface area contributed by atoms with Gasteiger partial charge in [0.25, 0.3) is 5.91 Å². The quantitative estimate of drug-likeness (QED) is 0.643. The molecule has 5 nitrogen and oxygen atoms in total. The van der Waals surface area contributed by atoms with Gasteiger partial charge >= 0.3 is 0 Å². The predicted octanol–water partition coefficient (Wildman–Crippen LogP) is 4.86. The van der Waals surface area contributed by atoms with Gasteiger partial charge in [0, 0.05) is 16.7 Å². The highest BCUT2D eigenvalue weighted by Gasteiger charge is 2.24. The van der Waals surface area contributed by atoms with Crippen LogP contribution in [0.1, 0.15) is 32.8 Å². The van der Waals surface area contributed by atoms with Crippen molar-refractivity contribution in [3.63, 3.8) is 0 Å². The van der Waals surface area contributed by atoms with Crippen molar-refractivity contribution >= 4 is 17.4 Å². The van der Waals surface area contributed by atoms with Gasteiger partial charge in [-0.1, -0.05) is 57.1 Å². The number of allylic oxidation sites excluding steroid dienone is 2. The number of fused-ring (bicyclic) bond motifs is 1. The van der Waals surface area contributed by atoms with E-state index in [2.05, 4.69) is 48.2 Å². The summed E-state index contributed by atoms with van der Waals surface area (Å²) in [5, 5.41) is 7.48. The van der Waals surface area contributed by atoms with Gasteiger partial charge in [-0.3, -0.25) is 4.79 Å². The smallest absolute Gasteiger partial charge is 0.256 e. The number of nitrogens with one attached hydrogen (secondary N) is 1. The Morgan fingerprint density at radius 1 is 1.20 bits per heavy atom. The Hall–Kier alpha value is -3.65. The first kappa shape index (κ1) is 19.7. The Bertz CT molecular complexity index is 1200. The van der Waals surface area contributed by atoms with Crippen molar-refractivity contribution in [1.29, 1.82) is 0 Å². The zero-order valence-electron chi connectivity index (χ0n) is 17.4. The Balaban J connectivity index is 1.50. The number of anilines is 1. The summed E-state index contributed by atoms with van der Waals surface area (Å²) in [6.45, 7) is 6.63. The third-order valence-electron chi connectivity index (χ3n) is 5.38. The highest BCUT2D eigenvalue weighted by Crippen LogP contribution is 2.33. The third-order valence-corrected chi connectivity index (χ3v) is 5.38. The lowest BCUT2D eigenvalue weighted by atomic mass is 9.76. The van der Waals surface area contributed by atoms with Gasteiger partial charge in [0.2, 0.25) is 0 Å². The first-order valence-electron chi connectivity index (χ1n) is 9.97. The van der Waals surface area contributed by atoms with E-state index in [-0.39, 0.29) is 11.3 Å². The fourth-order valence-corrected chi connectivity index (χ4v) is 3.45. The fraction of sp³-hybridized carbons (Fsp3) is 0.240. The largest absolute Gasteiger partial charge is 0.305 e. The molecular formula is C25H24N4O. The number of hydrogen-bond acceptors (Lipinski definition) is 3. The lowest BCUT2D eigenvalue weighted by Crippen LogP contribution is -2.21. The van der Waals surface area contributed by atoms with Crippen molar-refractivity contribution < 1.29 is 4.79 Å². The number of hydrogen-bond donors (Lipinski definition) is 1. The van der Waals surface area contributed by atoms with Gasteiger partial charge in [-0.25, -0.2) is 9.50 Å². The molecule has 2 aromatic heterocycles. The zero-order chi connectivity index (χ0) is 21.3. The third kappa shape index (κ3) is 4.04. The number of benzene rings is 1. The summed E-state index contributed by atoms with van der Waals surface area (Å²) in [4.78, 5) is 17.1. The Labute approximate surface area is 176 Å². The number of rotatable bonds is 3. The minimum absolute atomic E-state index is 0.160. The van der Waals surface area contributed by atoms with Gasteiger partial charge in [-0.15, -0.1) is 6.42 Å². The summed E-state index contributed by atoms with van der Waals surface area (Å²) < 4.78 is 1.67. The van der Waals surface area contributed by atoms with E-state index in [0.717, 1.165) is 23.2 Å². The second kappa shape index (κ2) is 7.64. The maximum absolute atomic E-state index is 12.6. The van der Waals surface area contributed by atoms with Gasteiger partial charge in [0.05, 0.1) is 11.9 Å². The molecule has 30 heavy (non-hydrogen) atoms. The number of terminal acetylenes is 1. The van der Waals surface area contributed by atoms with Crippen LogP contribution in [0.15, 0.2) is 66.4 Å². The fourth-order valence-electron chi connectivity index (χ4n) is 3.45. The average molecular weight is 396 g/mol. The summed E-state index contributed by atoms with van der Waals surface area (Å²) >= 11 is 0. The second-order valence-electron chi connectivity index (χ2n) is 8.55. The maximum atomic E-state index is 12.6. The lowest BCUT2D eigenvalue weighted by molar-refractivity contribution is -0.112. The summed E-state index contributed by atoms with van der Waals surface area (Å²) in [5.74, 6) is 3.35. The van der Waals surface area contributed by atoms with Crippen LogP contribution in [0.25, 0.3) is 16.9 Å². The molecule has 1 aliphatic rings. The number of carbonyl (C=O) groups is 1. The van der Waals surface area contributed by atoms with E-state index in [1.807, 2.05) is 48.6 Å². The molecule has 1 amide bonds. The van der Waals surface area contributed by atoms with E-state index in [1.165, 1.54) is 0 Å². The molecule has 1 unspecified atom stereocenters. The standard InChI is InChI=1S/C25H24N4O/c1-5-17-6-8-18(9-7-17)21-14-15-23-26-22(16-29(23)28-21)27-24(30)19-10-12-20(13-11-19)25(2,3)4/h1,6-12,14-16,20H,13H2,2-4H3,(H,27,30). The van der Waals surface area contributed by atoms with Crippen LogP contribution < -0.4 is 5.32 Å². The number of carbonyl (C=O) groups excluding carboxylic acids is 1. The number of imidazole rings is 1. The normalized spacial score (nSPS) is 16.2. The Morgan fingerprint density at radius 2 is 1.97 bits per heavy atom. The second-order valence-corrected chi connectivity index (χ2v) is 8.55. The molecule has 3 aromatic rings. The van der Waals surface area contributed by atoms with Gasteiger partial charge in [-0.2, -0.15) is 5.10 Å². The molecule has 5 heteroatoms. The molecule has 0 saturated carbocycles. The monoisotopic (exact) mass is 396 g/mol. The zero-order valence-corrected chi connectivity index (χ0v) is 17.4. The molecule has 0 fully saturated rings. The highest BCUT2D eigenvalue weighted by atomic mass is 16.1. The average Bonchev–Trinajstić information content (AvgIpc) is 3.14. The minimum atomic E-state index is -0.160. The molecule has 1 aromatic carbocycles. The van der Waals surface area contributed by atoms with Crippen molar-refractivity contribution in [2.45, 2.75) is 27.2 Å². The number of aromatic nitrogens is 3. The summed E-state index contributed by atoms with van der Waals surface area (Å²) in [7, 11) is 0. The molecule has 0 spiro atoms. The molecule has 1 atom stereocenters. The molecule has 2 heterocycles. The summed E-state index contributed by atoms with van der Waals surface area (Å²) in [6, 6.07) is 11.4. The van der Waals surface area contributed by atoms with Crippen LogP contribution in [0.5, 0.6) is 0 Å². The summed E-state index contributed by atoms with van der Waals surface area (Å²) in [6.07, 6.45) is 14.0. The van der Waals surface area contributed by atoms with Crippen LogP contribution in [-0.2, 0) is 4.79 Å². The first-order chi connectivity index (χ1) is 14.3. The van der Waals surface area contributed by atoms with Crippen LogP contribution in [-0.4, -0.2) is 20.5 Å². The van der Waals surface area contributed by atoms with E-state index >= 15 is 0 Å². The predicted molar refractivity (Wildman–Crippen MR) is 120 cm³/mol. The molecular weight excluding hydrogens is 372 g/mol. The summed E-state index contributed by atoms with van der Waals surface area (Å²) in [5.41, 5.74) is 4.09. The molecule has 1 N–H and O–H groups in total. The van der Waals surface area contributed by atoms with Crippen LogP contribution in [0, 0.1) is 23.7 Å². The van der Waals surface area contributed by atoms with E-state index in [9.17, 15) is 4.79 Å². The van der Waals surface area contributed by atoms with Gasteiger partial charge in [0.1, 0.15) is 0 Å². The molecule has 0 bridgehead atoms. The first-order valence-corrected chi connectivity index (χ1v) is 9.97. The Morgan fingerprint density at radius 3 is 2.60 bits per heavy atom. The highest BCUT2D eigenvalue weighted by molar-refractivity contribution is 6.05. The van der Waals surface area contributed by atoms with Crippen molar-refractivity contribution in [1.82, 2.24) is 14.6 Å². The van der Waals surface area contributed by atoms with Crippen LogP contribution in [0.2, 0.25) is 0 Å².